The van der Waals surface area contributed by atoms with Gasteiger partial charge in [0.2, 0.25) is 5.91 Å². The van der Waals surface area contributed by atoms with E-state index in [0.29, 0.717) is 18.7 Å². The molecule has 2 aliphatic heterocycles. The molecule has 2 fully saturated rings. The Hall–Kier alpha value is -1.99. The summed E-state index contributed by atoms with van der Waals surface area (Å²) in [4.78, 5) is 30.4. The molecule has 0 saturated carbocycles. The summed E-state index contributed by atoms with van der Waals surface area (Å²) in [5, 5.41) is 9.55. The van der Waals surface area contributed by atoms with Crippen LogP contribution >= 0.6 is 0 Å². The summed E-state index contributed by atoms with van der Waals surface area (Å²) in [6, 6.07) is 6.04. The molecule has 1 amide bonds. The van der Waals surface area contributed by atoms with Crippen LogP contribution in [-0.4, -0.2) is 84.5 Å². The maximum absolute atomic E-state index is 13.5. The van der Waals surface area contributed by atoms with Gasteiger partial charge in [-0.15, -0.1) is 0 Å². The second-order valence-corrected chi connectivity index (χ2v) is 7.34. The van der Waals surface area contributed by atoms with Crippen molar-refractivity contribution in [3.05, 3.63) is 35.6 Å². The van der Waals surface area contributed by atoms with Crippen LogP contribution < -0.4 is 0 Å². The number of hydrogen-bond acceptors (Lipinski definition) is 4. The van der Waals surface area contributed by atoms with Gasteiger partial charge in [-0.2, -0.15) is 0 Å². The van der Waals surface area contributed by atoms with Crippen LogP contribution in [0.3, 0.4) is 0 Å². The Kier molecular flexibility index (Phi) is 5.88. The Bertz CT molecular complexity index is 669. The minimum Gasteiger partial charge on any atom is -0.481 e. The van der Waals surface area contributed by atoms with Gasteiger partial charge in [-0.1, -0.05) is 12.1 Å². The Labute approximate surface area is 153 Å². The van der Waals surface area contributed by atoms with E-state index in [2.05, 4.69) is 16.8 Å². The highest BCUT2D eigenvalue weighted by Crippen LogP contribution is 2.33. The molecule has 7 heteroatoms. The summed E-state index contributed by atoms with van der Waals surface area (Å²) in [5.74, 6) is -2.44. The first-order valence-corrected chi connectivity index (χ1v) is 9.11. The second-order valence-electron chi connectivity index (χ2n) is 7.34. The van der Waals surface area contributed by atoms with Crippen LogP contribution in [-0.2, 0) is 9.59 Å². The molecule has 2 atom stereocenters. The Balaban J connectivity index is 1.67. The zero-order valence-electron chi connectivity index (χ0n) is 15.1. The van der Waals surface area contributed by atoms with Crippen LogP contribution in [0.5, 0.6) is 0 Å². The van der Waals surface area contributed by atoms with Gasteiger partial charge >= 0.3 is 5.97 Å². The molecule has 26 heavy (non-hydrogen) atoms. The molecule has 2 aliphatic rings. The number of likely N-dealkylation sites (tertiary alicyclic amines) is 1. The normalized spacial score (nSPS) is 25.2. The minimum atomic E-state index is -0.939. The molecule has 2 heterocycles. The largest absolute Gasteiger partial charge is 0.481 e. The molecule has 0 radical (unpaired) electrons. The zero-order chi connectivity index (χ0) is 18.7. The lowest BCUT2D eigenvalue weighted by atomic mass is 9.89. The third kappa shape index (κ3) is 4.40. The van der Waals surface area contributed by atoms with Gasteiger partial charge in [-0.25, -0.2) is 4.39 Å². The van der Waals surface area contributed by atoms with Crippen LogP contribution in [0.2, 0.25) is 0 Å². The molecule has 0 spiro atoms. The first kappa shape index (κ1) is 18.8. The Morgan fingerprint density at radius 3 is 2.73 bits per heavy atom. The van der Waals surface area contributed by atoms with Crippen molar-refractivity contribution in [2.24, 2.45) is 5.92 Å². The van der Waals surface area contributed by atoms with E-state index in [0.717, 1.165) is 32.6 Å². The number of amides is 1. The van der Waals surface area contributed by atoms with Crippen molar-refractivity contribution in [3.63, 3.8) is 0 Å². The number of likely N-dealkylation sites (N-methyl/N-ethyl adjacent to an activating group) is 1. The van der Waals surface area contributed by atoms with Gasteiger partial charge in [0.25, 0.3) is 0 Å². The molecule has 0 aromatic heterocycles. The van der Waals surface area contributed by atoms with Crippen molar-refractivity contribution >= 4 is 11.9 Å². The molecule has 3 rings (SSSR count). The van der Waals surface area contributed by atoms with E-state index in [1.54, 1.807) is 17.0 Å². The second kappa shape index (κ2) is 8.14. The number of benzene rings is 1. The highest BCUT2D eigenvalue weighted by molar-refractivity contribution is 5.81. The fourth-order valence-corrected chi connectivity index (χ4v) is 3.88. The number of carbonyl (C=O) groups excluding carboxylic acids is 1. The zero-order valence-corrected chi connectivity index (χ0v) is 15.1. The fourth-order valence-electron chi connectivity index (χ4n) is 3.88. The van der Waals surface area contributed by atoms with Crippen molar-refractivity contribution in [1.82, 2.24) is 14.7 Å². The smallest absolute Gasteiger partial charge is 0.308 e. The highest BCUT2D eigenvalue weighted by atomic mass is 19.1. The van der Waals surface area contributed by atoms with Crippen molar-refractivity contribution in [2.75, 3.05) is 52.9 Å². The molecule has 0 aliphatic carbocycles. The number of carbonyl (C=O) groups is 2. The minimum absolute atomic E-state index is 0.0419. The number of hydrogen-bond donors (Lipinski definition) is 1. The van der Waals surface area contributed by atoms with Crippen molar-refractivity contribution in [2.45, 2.75) is 12.3 Å². The maximum Gasteiger partial charge on any atom is 0.308 e. The van der Waals surface area contributed by atoms with Crippen LogP contribution in [0, 0.1) is 11.7 Å². The monoisotopic (exact) mass is 363 g/mol. The Morgan fingerprint density at radius 1 is 1.19 bits per heavy atom. The summed E-state index contributed by atoms with van der Waals surface area (Å²) < 4.78 is 13.5. The molecule has 2 saturated heterocycles. The number of aliphatic carboxylic acids is 1. The highest BCUT2D eigenvalue weighted by Gasteiger charge is 2.40. The van der Waals surface area contributed by atoms with E-state index in [-0.39, 0.29) is 24.2 Å². The lowest BCUT2D eigenvalue weighted by molar-refractivity contribution is -0.141. The summed E-state index contributed by atoms with van der Waals surface area (Å²) in [7, 11) is 2.08. The number of carboxylic acid groups (broad SMARTS) is 1. The summed E-state index contributed by atoms with van der Waals surface area (Å²) in [6.45, 7) is 4.49. The molecule has 1 N–H and O–H groups in total. The van der Waals surface area contributed by atoms with Crippen molar-refractivity contribution < 1.29 is 19.1 Å². The predicted molar refractivity (Wildman–Crippen MR) is 95.4 cm³/mol. The third-order valence-electron chi connectivity index (χ3n) is 5.44. The van der Waals surface area contributed by atoms with Gasteiger partial charge in [0.1, 0.15) is 5.82 Å². The quantitative estimate of drug-likeness (QED) is 0.868. The van der Waals surface area contributed by atoms with E-state index in [4.69, 9.17) is 0 Å². The van der Waals surface area contributed by atoms with E-state index in [1.807, 2.05) is 0 Å². The van der Waals surface area contributed by atoms with E-state index < -0.39 is 11.9 Å². The van der Waals surface area contributed by atoms with Crippen molar-refractivity contribution in [3.8, 4) is 0 Å². The van der Waals surface area contributed by atoms with Crippen LogP contribution in [0.25, 0.3) is 0 Å². The average Bonchev–Trinajstić information content (AvgIpc) is 2.96. The first-order valence-electron chi connectivity index (χ1n) is 9.11. The summed E-state index contributed by atoms with van der Waals surface area (Å²) in [5.41, 5.74) is 0.643. The number of carboxylic acids is 1. The molecule has 6 nitrogen and oxygen atoms in total. The molecule has 1 aromatic rings. The fraction of sp³-hybridized carbons (Fsp3) is 0.579. The molecular formula is C19H26FN3O3. The Morgan fingerprint density at radius 2 is 2.00 bits per heavy atom. The molecule has 1 aromatic carbocycles. The molecule has 0 bridgehead atoms. The third-order valence-corrected chi connectivity index (χ3v) is 5.44. The standard InChI is InChI=1S/C19H26FN3O3/c1-21-6-3-7-22(9-8-21)13-18(24)23-11-16(17(12-23)19(25)26)14-4-2-5-15(20)10-14/h2,4-5,10,16-17H,3,6-9,11-13H2,1H3,(H,25,26)/t16-,17+/m0/s1. The summed E-state index contributed by atoms with van der Waals surface area (Å²) >= 11 is 0. The number of halogens is 1. The number of rotatable bonds is 4. The van der Waals surface area contributed by atoms with Crippen LogP contribution in [0.15, 0.2) is 24.3 Å². The van der Waals surface area contributed by atoms with Crippen molar-refractivity contribution in [1.29, 1.82) is 0 Å². The lowest BCUT2D eigenvalue weighted by Gasteiger charge is -2.23. The maximum atomic E-state index is 13.5. The van der Waals surface area contributed by atoms with Gasteiger partial charge in [0, 0.05) is 32.1 Å². The van der Waals surface area contributed by atoms with Gasteiger partial charge in [0.05, 0.1) is 12.5 Å². The first-order chi connectivity index (χ1) is 12.4. The molecule has 0 unspecified atom stereocenters. The van der Waals surface area contributed by atoms with E-state index in [1.165, 1.54) is 12.1 Å². The lowest BCUT2D eigenvalue weighted by Crippen LogP contribution is -2.41. The SMILES string of the molecule is CN1CCCN(CC(=O)N2C[C@@H](C(=O)O)[C@H](c3cccc(F)c3)C2)CC1. The van der Waals surface area contributed by atoms with Gasteiger partial charge < -0.3 is 14.9 Å². The van der Waals surface area contributed by atoms with E-state index in [9.17, 15) is 19.1 Å². The predicted octanol–water partition coefficient (Wildman–Crippen LogP) is 1.09. The van der Waals surface area contributed by atoms with Crippen LogP contribution in [0.1, 0.15) is 17.9 Å². The van der Waals surface area contributed by atoms with Gasteiger partial charge in [0.15, 0.2) is 0 Å². The average molecular weight is 363 g/mol. The summed E-state index contributed by atoms with van der Waals surface area (Å²) in [6.07, 6.45) is 1.02. The van der Waals surface area contributed by atoms with Gasteiger partial charge in [-0.3, -0.25) is 14.5 Å². The molecule has 142 valence electrons. The van der Waals surface area contributed by atoms with E-state index >= 15 is 0 Å². The topological polar surface area (TPSA) is 64.1 Å². The number of nitrogens with zero attached hydrogens (tertiary/aromatic N) is 3. The van der Waals surface area contributed by atoms with Gasteiger partial charge in [-0.05, 0) is 44.3 Å². The van der Waals surface area contributed by atoms with Crippen LogP contribution in [0.4, 0.5) is 4.39 Å². The molecular weight excluding hydrogens is 337 g/mol.